The maximum atomic E-state index is 13.1. The molecular weight excluding hydrogens is 231 g/mol. The van der Waals surface area contributed by atoms with Crippen LogP contribution in [0.2, 0.25) is 0 Å². The van der Waals surface area contributed by atoms with Gasteiger partial charge in [0.15, 0.2) is 0 Å². The first-order chi connectivity index (χ1) is 8.63. The van der Waals surface area contributed by atoms with Gasteiger partial charge < -0.3 is 15.0 Å². The van der Waals surface area contributed by atoms with Crippen molar-refractivity contribution >= 4 is 0 Å². The maximum absolute atomic E-state index is 13.1. The molecule has 1 aromatic carbocycles. The van der Waals surface area contributed by atoms with Crippen LogP contribution < -0.4 is 5.32 Å². The van der Waals surface area contributed by atoms with Crippen molar-refractivity contribution in [1.82, 2.24) is 10.2 Å². The highest BCUT2D eigenvalue weighted by molar-refractivity contribution is 5.26. The third-order valence-electron chi connectivity index (χ3n) is 2.90. The van der Waals surface area contributed by atoms with Crippen molar-refractivity contribution < 1.29 is 9.13 Å². The van der Waals surface area contributed by atoms with E-state index in [1.165, 1.54) is 6.07 Å². The number of ether oxygens (including phenoxy) is 1. The van der Waals surface area contributed by atoms with Crippen molar-refractivity contribution in [1.29, 1.82) is 0 Å². The van der Waals surface area contributed by atoms with Crippen LogP contribution in [0.5, 0.6) is 0 Å². The third kappa shape index (κ3) is 5.58. The van der Waals surface area contributed by atoms with E-state index in [1.807, 2.05) is 20.0 Å². The van der Waals surface area contributed by atoms with Crippen molar-refractivity contribution in [2.24, 2.45) is 0 Å². The summed E-state index contributed by atoms with van der Waals surface area (Å²) < 4.78 is 18.1. The van der Waals surface area contributed by atoms with E-state index in [2.05, 4.69) is 10.2 Å². The van der Waals surface area contributed by atoms with Gasteiger partial charge in [0, 0.05) is 33.3 Å². The molecule has 0 radical (unpaired) electrons. The molecule has 0 aliphatic carbocycles. The Hall–Kier alpha value is -0.970. The highest BCUT2D eigenvalue weighted by Crippen LogP contribution is 2.11. The van der Waals surface area contributed by atoms with Gasteiger partial charge in [-0.15, -0.1) is 0 Å². The summed E-state index contributed by atoms with van der Waals surface area (Å²) in [5.41, 5.74) is 2.19. The summed E-state index contributed by atoms with van der Waals surface area (Å²) in [4.78, 5) is 2.18. The zero-order chi connectivity index (χ0) is 13.4. The van der Waals surface area contributed by atoms with Gasteiger partial charge in [-0.1, -0.05) is 6.07 Å². The molecular formula is C14H23FN2O. The molecule has 0 amide bonds. The van der Waals surface area contributed by atoms with Gasteiger partial charge in [0.05, 0.1) is 6.61 Å². The number of rotatable bonds is 8. The fourth-order valence-electron chi connectivity index (χ4n) is 1.75. The molecule has 0 spiro atoms. The smallest absolute Gasteiger partial charge is 0.123 e. The summed E-state index contributed by atoms with van der Waals surface area (Å²) >= 11 is 0. The molecule has 0 atom stereocenters. The van der Waals surface area contributed by atoms with E-state index in [9.17, 15) is 4.39 Å². The summed E-state index contributed by atoms with van der Waals surface area (Å²) in [7, 11) is 3.74. The summed E-state index contributed by atoms with van der Waals surface area (Å²) in [6, 6.07) is 4.95. The van der Waals surface area contributed by atoms with E-state index < -0.39 is 0 Å². The molecule has 18 heavy (non-hydrogen) atoms. The molecule has 1 aromatic rings. The Bertz CT molecular complexity index is 358. The molecule has 3 nitrogen and oxygen atoms in total. The van der Waals surface area contributed by atoms with Gasteiger partial charge in [-0.3, -0.25) is 0 Å². The van der Waals surface area contributed by atoms with E-state index in [0.29, 0.717) is 0 Å². The van der Waals surface area contributed by atoms with Gasteiger partial charge in [-0.05, 0) is 37.2 Å². The molecule has 0 heterocycles. The molecule has 0 saturated heterocycles. The molecule has 4 heteroatoms. The number of aryl methyl sites for hydroxylation is 1. The Morgan fingerprint density at radius 1 is 1.33 bits per heavy atom. The van der Waals surface area contributed by atoms with E-state index in [1.54, 1.807) is 13.2 Å². The van der Waals surface area contributed by atoms with Crippen LogP contribution in [-0.4, -0.2) is 45.3 Å². The van der Waals surface area contributed by atoms with Gasteiger partial charge in [0.25, 0.3) is 0 Å². The van der Waals surface area contributed by atoms with E-state index in [4.69, 9.17) is 4.74 Å². The molecule has 0 aliphatic rings. The SMILES string of the molecule is COCCNCCN(C)Cc1cc(F)ccc1C. The lowest BCUT2D eigenvalue weighted by Crippen LogP contribution is -2.30. The lowest BCUT2D eigenvalue weighted by atomic mass is 10.1. The van der Waals surface area contributed by atoms with Crippen LogP contribution in [-0.2, 0) is 11.3 Å². The van der Waals surface area contributed by atoms with Crippen LogP contribution in [0, 0.1) is 12.7 Å². The highest BCUT2D eigenvalue weighted by atomic mass is 19.1. The Labute approximate surface area is 109 Å². The minimum atomic E-state index is -0.165. The number of methoxy groups -OCH3 is 1. The van der Waals surface area contributed by atoms with Gasteiger partial charge in [-0.25, -0.2) is 4.39 Å². The molecule has 0 unspecified atom stereocenters. The quantitative estimate of drug-likeness (QED) is 0.716. The number of halogens is 1. The van der Waals surface area contributed by atoms with Crippen molar-refractivity contribution in [2.45, 2.75) is 13.5 Å². The van der Waals surface area contributed by atoms with Crippen LogP contribution in [0.1, 0.15) is 11.1 Å². The Morgan fingerprint density at radius 3 is 2.83 bits per heavy atom. The molecule has 0 aliphatic heterocycles. The van der Waals surface area contributed by atoms with Gasteiger partial charge in [0.1, 0.15) is 5.82 Å². The normalized spacial score (nSPS) is 11.2. The number of nitrogens with zero attached hydrogens (tertiary/aromatic N) is 1. The largest absolute Gasteiger partial charge is 0.383 e. The minimum absolute atomic E-state index is 0.165. The summed E-state index contributed by atoms with van der Waals surface area (Å²) in [6.45, 7) is 6.22. The first-order valence-electron chi connectivity index (χ1n) is 6.26. The second-order valence-electron chi connectivity index (χ2n) is 4.55. The standard InChI is InChI=1S/C14H23FN2O/c1-12-4-5-14(15)10-13(12)11-17(2)8-6-16-7-9-18-3/h4-5,10,16H,6-9,11H2,1-3H3. The second-order valence-corrected chi connectivity index (χ2v) is 4.55. The first kappa shape index (κ1) is 15.1. The molecule has 0 fully saturated rings. The van der Waals surface area contributed by atoms with Crippen LogP contribution in [0.4, 0.5) is 4.39 Å². The lowest BCUT2D eigenvalue weighted by molar-refractivity contribution is 0.197. The van der Waals surface area contributed by atoms with E-state index >= 15 is 0 Å². The number of hydrogen-bond donors (Lipinski definition) is 1. The molecule has 1 rings (SSSR count). The first-order valence-corrected chi connectivity index (χ1v) is 6.26. The van der Waals surface area contributed by atoms with Crippen molar-refractivity contribution in [2.75, 3.05) is 40.4 Å². The molecule has 102 valence electrons. The van der Waals surface area contributed by atoms with Crippen LogP contribution in [0.15, 0.2) is 18.2 Å². The number of nitrogens with one attached hydrogen (secondary N) is 1. The number of benzene rings is 1. The van der Waals surface area contributed by atoms with Crippen LogP contribution in [0.25, 0.3) is 0 Å². The summed E-state index contributed by atoms with van der Waals surface area (Å²) in [5, 5.41) is 3.29. The molecule has 0 saturated carbocycles. The van der Waals surface area contributed by atoms with Crippen molar-refractivity contribution in [3.05, 3.63) is 35.1 Å². The molecule has 0 bridgehead atoms. The van der Waals surface area contributed by atoms with Crippen molar-refractivity contribution in [3.63, 3.8) is 0 Å². The lowest BCUT2D eigenvalue weighted by Gasteiger charge is -2.18. The van der Waals surface area contributed by atoms with Gasteiger partial charge in [0.2, 0.25) is 0 Å². The van der Waals surface area contributed by atoms with Gasteiger partial charge in [-0.2, -0.15) is 0 Å². The molecule has 0 aromatic heterocycles. The van der Waals surface area contributed by atoms with E-state index in [-0.39, 0.29) is 5.82 Å². The average Bonchev–Trinajstić information content (AvgIpc) is 2.33. The van der Waals surface area contributed by atoms with E-state index in [0.717, 1.165) is 43.9 Å². The fraction of sp³-hybridized carbons (Fsp3) is 0.571. The zero-order valence-electron chi connectivity index (χ0n) is 11.5. The predicted molar refractivity (Wildman–Crippen MR) is 72.2 cm³/mol. The fourth-order valence-corrected chi connectivity index (χ4v) is 1.75. The maximum Gasteiger partial charge on any atom is 0.123 e. The Kier molecular flexibility index (Phi) is 6.86. The zero-order valence-corrected chi connectivity index (χ0v) is 11.5. The Balaban J connectivity index is 2.30. The van der Waals surface area contributed by atoms with Gasteiger partial charge >= 0.3 is 0 Å². The summed E-state index contributed by atoms with van der Waals surface area (Å²) in [6.07, 6.45) is 0. The third-order valence-corrected chi connectivity index (χ3v) is 2.90. The number of likely N-dealkylation sites (N-methyl/N-ethyl adjacent to an activating group) is 1. The minimum Gasteiger partial charge on any atom is -0.383 e. The van der Waals surface area contributed by atoms with Crippen LogP contribution in [0.3, 0.4) is 0 Å². The topological polar surface area (TPSA) is 24.5 Å². The second kappa shape index (κ2) is 8.19. The highest BCUT2D eigenvalue weighted by Gasteiger charge is 2.04. The van der Waals surface area contributed by atoms with Crippen LogP contribution >= 0.6 is 0 Å². The average molecular weight is 254 g/mol. The van der Waals surface area contributed by atoms with Crippen molar-refractivity contribution in [3.8, 4) is 0 Å². The monoisotopic (exact) mass is 254 g/mol. The Morgan fingerprint density at radius 2 is 2.11 bits per heavy atom. The summed E-state index contributed by atoms with van der Waals surface area (Å²) in [5.74, 6) is -0.165. The number of hydrogen-bond acceptors (Lipinski definition) is 3. The molecule has 1 N–H and O–H groups in total. The predicted octanol–water partition coefficient (Wildman–Crippen LogP) is 1.80.